The molecule has 1 aromatic rings. The molecule has 1 saturated heterocycles. The summed E-state index contributed by atoms with van der Waals surface area (Å²) in [5, 5.41) is 0.513. The monoisotopic (exact) mass is 226 g/mol. The molecule has 1 aromatic heterocycles. The van der Waals surface area contributed by atoms with Gasteiger partial charge in [0.15, 0.2) is 5.69 Å². The summed E-state index contributed by atoms with van der Waals surface area (Å²) in [5.41, 5.74) is 7.69. The number of thiazole rings is 1. The average Bonchev–Trinajstić information content (AvgIpc) is 2.65. The summed E-state index contributed by atoms with van der Waals surface area (Å²) in [4.78, 5) is 20.0. The number of anilines is 1. The summed E-state index contributed by atoms with van der Waals surface area (Å²) in [7, 11) is 2.05. The second kappa shape index (κ2) is 4.16. The van der Waals surface area contributed by atoms with Gasteiger partial charge in [0.25, 0.3) is 5.91 Å². The largest absolute Gasteiger partial charge is 0.389 e. The van der Waals surface area contributed by atoms with Crippen LogP contribution in [0.3, 0.4) is 0 Å². The van der Waals surface area contributed by atoms with E-state index in [2.05, 4.69) is 16.9 Å². The molecule has 0 radical (unpaired) electrons. The zero-order chi connectivity index (χ0) is 10.8. The molecule has 0 saturated carbocycles. The van der Waals surface area contributed by atoms with Crippen molar-refractivity contribution in [3.63, 3.8) is 0 Å². The van der Waals surface area contributed by atoms with Crippen LogP contribution in [0, 0.1) is 0 Å². The summed E-state index contributed by atoms with van der Waals surface area (Å²) in [6.45, 7) is 3.34. The van der Waals surface area contributed by atoms with Crippen molar-refractivity contribution in [3.8, 4) is 0 Å². The fourth-order valence-electron chi connectivity index (χ4n) is 1.58. The molecule has 0 bridgehead atoms. The first kappa shape index (κ1) is 10.4. The number of likely N-dealkylation sites (N-methyl/N-ethyl adjacent to an activating group) is 1. The zero-order valence-corrected chi connectivity index (χ0v) is 9.46. The minimum Gasteiger partial charge on any atom is -0.389 e. The Labute approximate surface area is 92.5 Å². The average molecular weight is 226 g/mol. The van der Waals surface area contributed by atoms with Crippen LogP contribution in [-0.4, -0.2) is 53.9 Å². The van der Waals surface area contributed by atoms with Crippen LogP contribution in [0.5, 0.6) is 0 Å². The molecule has 1 amide bonds. The van der Waals surface area contributed by atoms with Gasteiger partial charge < -0.3 is 15.5 Å². The molecule has 2 rings (SSSR count). The summed E-state index contributed by atoms with van der Waals surface area (Å²) in [6.07, 6.45) is 0. The normalized spacial score (nSPS) is 18.1. The number of nitrogens with zero attached hydrogens (tertiary/aromatic N) is 3. The molecule has 0 unspecified atom stereocenters. The third-order valence-corrected chi connectivity index (χ3v) is 3.25. The SMILES string of the molecule is CN1CCN(C(=O)c2ncsc2N)CC1. The van der Waals surface area contributed by atoms with Gasteiger partial charge in [-0.15, -0.1) is 11.3 Å². The summed E-state index contributed by atoms with van der Waals surface area (Å²) in [5.74, 6) is -0.0400. The molecular weight excluding hydrogens is 212 g/mol. The van der Waals surface area contributed by atoms with Crippen LogP contribution in [0.1, 0.15) is 10.5 Å². The molecule has 82 valence electrons. The van der Waals surface area contributed by atoms with Gasteiger partial charge in [-0.05, 0) is 7.05 Å². The lowest BCUT2D eigenvalue weighted by molar-refractivity contribution is 0.0660. The molecule has 1 aliphatic rings. The number of piperazine rings is 1. The Morgan fingerprint density at radius 1 is 1.47 bits per heavy atom. The van der Waals surface area contributed by atoms with Crippen molar-refractivity contribution in [2.24, 2.45) is 0 Å². The highest BCUT2D eigenvalue weighted by molar-refractivity contribution is 7.14. The number of aromatic nitrogens is 1. The molecule has 1 fully saturated rings. The molecule has 2 N–H and O–H groups in total. The number of amides is 1. The lowest BCUT2D eigenvalue weighted by Gasteiger charge is -2.32. The minimum atomic E-state index is -0.0400. The maximum absolute atomic E-state index is 12.0. The van der Waals surface area contributed by atoms with E-state index in [1.54, 1.807) is 5.51 Å². The predicted molar refractivity (Wildman–Crippen MR) is 59.9 cm³/mol. The second-order valence-corrected chi connectivity index (χ2v) is 4.55. The van der Waals surface area contributed by atoms with Gasteiger partial charge in [0.1, 0.15) is 5.00 Å². The van der Waals surface area contributed by atoms with Crippen molar-refractivity contribution in [2.45, 2.75) is 0 Å². The summed E-state index contributed by atoms with van der Waals surface area (Å²) >= 11 is 1.31. The highest BCUT2D eigenvalue weighted by Crippen LogP contribution is 2.17. The molecule has 1 aliphatic heterocycles. The molecule has 0 aliphatic carbocycles. The highest BCUT2D eigenvalue weighted by Gasteiger charge is 2.23. The highest BCUT2D eigenvalue weighted by atomic mass is 32.1. The molecule has 0 atom stereocenters. The molecule has 5 nitrogen and oxygen atoms in total. The van der Waals surface area contributed by atoms with Gasteiger partial charge in [-0.2, -0.15) is 0 Å². The number of carbonyl (C=O) groups excluding carboxylic acids is 1. The van der Waals surface area contributed by atoms with Crippen LogP contribution in [0.15, 0.2) is 5.51 Å². The van der Waals surface area contributed by atoms with Crippen molar-refractivity contribution < 1.29 is 4.79 Å². The fourth-order valence-corrected chi connectivity index (χ4v) is 2.10. The predicted octanol–water partition coefficient (Wildman–Crippen LogP) is 0.113. The number of carbonyl (C=O) groups is 1. The number of hydrogen-bond donors (Lipinski definition) is 1. The third kappa shape index (κ3) is 2.10. The van der Waals surface area contributed by atoms with E-state index in [1.807, 2.05) is 4.90 Å². The first-order valence-electron chi connectivity index (χ1n) is 4.85. The number of nitrogens with two attached hydrogens (primary N) is 1. The quantitative estimate of drug-likeness (QED) is 0.738. The first-order chi connectivity index (χ1) is 7.18. The van der Waals surface area contributed by atoms with Crippen molar-refractivity contribution in [1.82, 2.24) is 14.8 Å². The first-order valence-corrected chi connectivity index (χ1v) is 5.73. The van der Waals surface area contributed by atoms with Crippen LogP contribution in [0.4, 0.5) is 5.00 Å². The maximum Gasteiger partial charge on any atom is 0.275 e. The number of hydrogen-bond acceptors (Lipinski definition) is 5. The van der Waals surface area contributed by atoms with E-state index in [-0.39, 0.29) is 5.91 Å². The molecule has 0 aromatic carbocycles. The maximum atomic E-state index is 12.0. The minimum absolute atomic E-state index is 0.0400. The zero-order valence-electron chi connectivity index (χ0n) is 8.64. The smallest absolute Gasteiger partial charge is 0.275 e. The van der Waals surface area contributed by atoms with Gasteiger partial charge in [0, 0.05) is 26.2 Å². The van der Waals surface area contributed by atoms with Crippen LogP contribution >= 0.6 is 11.3 Å². The Bertz CT molecular complexity index is 357. The lowest BCUT2D eigenvalue weighted by atomic mass is 10.3. The topological polar surface area (TPSA) is 62.5 Å². The summed E-state index contributed by atoms with van der Waals surface area (Å²) in [6, 6.07) is 0. The second-order valence-electron chi connectivity index (χ2n) is 3.66. The molecule has 6 heteroatoms. The van der Waals surface area contributed by atoms with Crippen molar-refractivity contribution in [2.75, 3.05) is 39.0 Å². The van der Waals surface area contributed by atoms with Crippen LogP contribution in [0.2, 0.25) is 0 Å². The van der Waals surface area contributed by atoms with E-state index in [1.165, 1.54) is 11.3 Å². The number of rotatable bonds is 1. The Balaban J connectivity index is 2.06. The van der Waals surface area contributed by atoms with Crippen molar-refractivity contribution >= 4 is 22.2 Å². The molecular formula is C9H14N4OS. The van der Waals surface area contributed by atoms with Crippen LogP contribution in [0.25, 0.3) is 0 Å². The Hall–Kier alpha value is -1.14. The van der Waals surface area contributed by atoms with Gasteiger partial charge in [-0.1, -0.05) is 0 Å². The van der Waals surface area contributed by atoms with E-state index in [0.29, 0.717) is 10.7 Å². The fraction of sp³-hybridized carbons (Fsp3) is 0.556. The summed E-state index contributed by atoms with van der Waals surface area (Å²) < 4.78 is 0. The van der Waals surface area contributed by atoms with Gasteiger partial charge in [-0.3, -0.25) is 4.79 Å². The van der Waals surface area contributed by atoms with E-state index >= 15 is 0 Å². The van der Waals surface area contributed by atoms with Gasteiger partial charge >= 0.3 is 0 Å². The standard InChI is InChI=1S/C9H14N4OS/c1-12-2-4-13(5-3-12)9(14)7-8(10)15-6-11-7/h6H,2-5,10H2,1H3. The third-order valence-electron chi connectivity index (χ3n) is 2.59. The van der Waals surface area contributed by atoms with Crippen molar-refractivity contribution in [1.29, 1.82) is 0 Å². The van der Waals surface area contributed by atoms with Gasteiger partial charge in [0.05, 0.1) is 5.51 Å². The van der Waals surface area contributed by atoms with E-state index < -0.39 is 0 Å². The lowest BCUT2D eigenvalue weighted by Crippen LogP contribution is -2.47. The Morgan fingerprint density at radius 3 is 2.67 bits per heavy atom. The number of nitrogen functional groups attached to an aromatic ring is 1. The van der Waals surface area contributed by atoms with Crippen LogP contribution < -0.4 is 5.73 Å². The van der Waals surface area contributed by atoms with Crippen LogP contribution in [-0.2, 0) is 0 Å². The van der Waals surface area contributed by atoms with E-state index in [0.717, 1.165) is 26.2 Å². The Morgan fingerprint density at radius 2 is 2.13 bits per heavy atom. The van der Waals surface area contributed by atoms with Crippen molar-refractivity contribution in [3.05, 3.63) is 11.2 Å². The van der Waals surface area contributed by atoms with Gasteiger partial charge in [-0.25, -0.2) is 4.98 Å². The van der Waals surface area contributed by atoms with E-state index in [4.69, 9.17) is 5.73 Å². The van der Waals surface area contributed by atoms with Gasteiger partial charge in [0.2, 0.25) is 0 Å². The Kier molecular flexibility index (Phi) is 2.88. The molecule has 0 spiro atoms. The molecule has 15 heavy (non-hydrogen) atoms. The molecule has 2 heterocycles. The van der Waals surface area contributed by atoms with E-state index in [9.17, 15) is 4.79 Å².